The number of carboxylic acid groups (broad SMARTS) is 1. The van der Waals surface area contributed by atoms with Gasteiger partial charge in [0, 0.05) is 27.9 Å². The van der Waals surface area contributed by atoms with E-state index in [1.165, 1.54) is 21.8 Å². The van der Waals surface area contributed by atoms with Gasteiger partial charge >= 0.3 is 5.97 Å². The van der Waals surface area contributed by atoms with Crippen LogP contribution in [0.2, 0.25) is 0 Å². The lowest BCUT2D eigenvalue weighted by Crippen LogP contribution is -2.36. The summed E-state index contributed by atoms with van der Waals surface area (Å²) in [5.74, 6) is -1.26. The smallest absolute Gasteiger partial charge is 0.323 e. The van der Waals surface area contributed by atoms with Gasteiger partial charge in [0.1, 0.15) is 11.6 Å². The predicted molar refractivity (Wildman–Crippen MR) is 155 cm³/mol. The number of nitrogens with zero attached hydrogens (tertiary/aromatic N) is 2. The molecule has 2 N–H and O–H groups in total. The lowest BCUT2D eigenvalue weighted by Gasteiger charge is -2.19. The first-order valence-electron chi connectivity index (χ1n) is 12.3. The first-order valence-corrected chi connectivity index (χ1v) is 14.1. The maximum absolute atomic E-state index is 13.1. The Morgan fingerprint density at radius 1 is 0.895 bits per heavy atom. The number of benzene rings is 3. The number of nitrogens with one attached hydrogen (secondary N) is 1. The molecule has 0 fully saturated rings. The molecule has 6 nitrogen and oxygen atoms in total. The number of carboxylic acids is 1. The zero-order valence-corrected chi connectivity index (χ0v) is 22.3. The molecule has 0 bridgehead atoms. The minimum absolute atomic E-state index is 0.161. The Balaban J connectivity index is 1.21. The van der Waals surface area contributed by atoms with E-state index in [-0.39, 0.29) is 25.4 Å². The molecular weight excluding hydrogens is 514 g/mol. The number of thiazole rings is 1. The third-order valence-corrected chi connectivity index (χ3v) is 8.07. The van der Waals surface area contributed by atoms with Crippen LogP contribution in [0.5, 0.6) is 0 Å². The van der Waals surface area contributed by atoms with Crippen LogP contribution >= 0.6 is 22.7 Å². The second kappa shape index (κ2) is 12.0. The molecule has 0 spiro atoms. The van der Waals surface area contributed by atoms with Crippen molar-refractivity contribution in [2.75, 3.05) is 18.4 Å². The fourth-order valence-corrected chi connectivity index (χ4v) is 6.05. The highest BCUT2D eigenvalue weighted by atomic mass is 32.1. The highest BCUT2D eigenvalue weighted by molar-refractivity contribution is 7.17. The monoisotopic (exact) mass is 541 g/mol. The number of fused-ring (bicyclic) bond motifs is 1. The highest BCUT2D eigenvalue weighted by Crippen LogP contribution is 2.27. The van der Waals surface area contributed by atoms with E-state index in [1.54, 1.807) is 11.3 Å². The number of thiophene rings is 1. The van der Waals surface area contributed by atoms with Gasteiger partial charge in [0.2, 0.25) is 5.91 Å². The predicted octanol–water partition coefficient (Wildman–Crippen LogP) is 6.34. The second-order valence-electron chi connectivity index (χ2n) is 8.94. The zero-order valence-electron chi connectivity index (χ0n) is 20.7. The highest BCUT2D eigenvalue weighted by Gasteiger charge is 2.20. The number of aromatic nitrogens is 1. The molecule has 0 unspecified atom stereocenters. The van der Waals surface area contributed by atoms with Crippen LogP contribution in [0.4, 0.5) is 5.69 Å². The number of hydrogen-bond donors (Lipinski definition) is 2. The largest absolute Gasteiger partial charge is 0.480 e. The maximum Gasteiger partial charge on any atom is 0.323 e. The maximum atomic E-state index is 13.1. The fraction of sp³-hybridized carbons (Fsp3) is 0.167. The lowest BCUT2D eigenvalue weighted by molar-refractivity contribution is -0.144. The van der Waals surface area contributed by atoms with Crippen molar-refractivity contribution in [1.82, 2.24) is 9.88 Å². The van der Waals surface area contributed by atoms with E-state index >= 15 is 0 Å². The van der Waals surface area contributed by atoms with E-state index in [2.05, 4.69) is 29.6 Å². The molecule has 5 aromatic rings. The second-order valence-corrected chi connectivity index (χ2v) is 10.8. The molecule has 2 heterocycles. The Bertz CT molecular complexity index is 1530. The summed E-state index contributed by atoms with van der Waals surface area (Å²) in [5, 5.41) is 18.5. The number of carbonyl (C=O) groups is 2. The number of anilines is 1. The van der Waals surface area contributed by atoms with Crippen molar-refractivity contribution in [1.29, 1.82) is 0 Å². The standard InChI is InChI=1S/C30H27N3O3S2/c34-29(16-23-19-37-27-9-5-4-8-25(23)27)33(18-30(35)36)17-28-32-26(20-38-28)22-10-12-24(13-11-22)31-15-14-21-6-2-1-3-7-21/h1-13,19-20,31H,14-18H2,(H,35,36). The van der Waals surface area contributed by atoms with Crippen LogP contribution in [0.25, 0.3) is 21.3 Å². The molecule has 3 aromatic carbocycles. The number of carbonyl (C=O) groups excluding carboxylic acids is 1. The topological polar surface area (TPSA) is 82.5 Å². The first kappa shape index (κ1) is 25.6. The van der Waals surface area contributed by atoms with E-state index in [9.17, 15) is 14.7 Å². The molecule has 1 amide bonds. The quantitative estimate of drug-likeness (QED) is 0.204. The Morgan fingerprint density at radius 2 is 1.66 bits per heavy atom. The van der Waals surface area contributed by atoms with Crippen molar-refractivity contribution in [3.8, 4) is 11.3 Å². The van der Waals surface area contributed by atoms with E-state index in [4.69, 9.17) is 4.98 Å². The van der Waals surface area contributed by atoms with Crippen molar-refractivity contribution >= 4 is 50.3 Å². The molecule has 0 radical (unpaired) electrons. The fourth-order valence-electron chi connectivity index (χ4n) is 4.27. The molecule has 192 valence electrons. The Hall–Kier alpha value is -4.01. The molecule has 2 aromatic heterocycles. The van der Waals surface area contributed by atoms with Crippen LogP contribution in [0.15, 0.2) is 89.6 Å². The summed E-state index contributed by atoms with van der Waals surface area (Å²) in [6.45, 7) is 0.648. The van der Waals surface area contributed by atoms with Crippen LogP contribution in [-0.4, -0.2) is 40.0 Å². The number of rotatable bonds is 11. The van der Waals surface area contributed by atoms with Gasteiger partial charge in [-0.3, -0.25) is 9.59 Å². The van der Waals surface area contributed by atoms with E-state index in [1.807, 2.05) is 65.4 Å². The molecule has 0 aliphatic carbocycles. The van der Waals surface area contributed by atoms with E-state index in [0.29, 0.717) is 5.01 Å². The number of hydrogen-bond acceptors (Lipinski definition) is 6. The van der Waals surface area contributed by atoms with Gasteiger partial charge in [-0.05, 0) is 46.5 Å². The van der Waals surface area contributed by atoms with Crippen LogP contribution < -0.4 is 5.32 Å². The van der Waals surface area contributed by atoms with Gasteiger partial charge in [0.25, 0.3) is 0 Å². The van der Waals surface area contributed by atoms with E-state index < -0.39 is 5.97 Å². The van der Waals surface area contributed by atoms with Gasteiger partial charge in [0.15, 0.2) is 0 Å². The minimum atomic E-state index is -1.04. The summed E-state index contributed by atoms with van der Waals surface area (Å²) < 4.78 is 1.11. The Morgan fingerprint density at radius 3 is 2.45 bits per heavy atom. The van der Waals surface area contributed by atoms with Crippen LogP contribution in [-0.2, 0) is 29.0 Å². The molecule has 38 heavy (non-hydrogen) atoms. The molecule has 8 heteroatoms. The van der Waals surface area contributed by atoms with Gasteiger partial charge in [0.05, 0.1) is 18.7 Å². The van der Waals surface area contributed by atoms with E-state index in [0.717, 1.165) is 45.6 Å². The Kier molecular flexibility index (Phi) is 8.11. The van der Waals surface area contributed by atoms with Crippen molar-refractivity contribution < 1.29 is 14.7 Å². The summed E-state index contributed by atoms with van der Waals surface area (Å²) >= 11 is 3.02. The third kappa shape index (κ3) is 6.45. The lowest BCUT2D eigenvalue weighted by atomic mass is 10.1. The number of amides is 1. The Labute approximate surface area is 229 Å². The molecule has 0 aliphatic heterocycles. The van der Waals surface area contributed by atoms with Gasteiger partial charge < -0.3 is 15.3 Å². The van der Waals surface area contributed by atoms with Crippen molar-refractivity contribution in [2.45, 2.75) is 19.4 Å². The molecule has 0 saturated heterocycles. The SMILES string of the molecule is O=C(O)CN(Cc1nc(-c2ccc(NCCc3ccccc3)cc2)cs1)C(=O)Cc1csc2ccccc12. The third-order valence-electron chi connectivity index (χ3n) is 6.23. The molecular formula is C30H27N3O3S2. The van der Waals surface area contributed by atoms with Crippen molar-refractivity contribution in [2.24, 2.45) is 0 Å². The van der Waals surface area contributed by atoms with Crippen LogP contribution in [0.1, 0.15) is 16.1 Å². The molecule has 0 aliphatic rings. The summed E-state index contributed by atoms with van der Waals surface area (Å²) in [5.41, 5.74) is 5.04. The zero-order chi connectivity index (χ0) is 26.3. The number of aliphatic carboxylic acids is 1. The van der Waals surface area contributed by atoms with Gasteiger partial charge in [-0.1, -0.05) is 60.7 Å². The molecule has 0 saturated carbocycles. The molecule has 5 rings (SSSR count). The van der Waals surface area contributed by atoms with Crippen molar-refractivity contribution in [3.63, 3.8) is 0 Å². The van der Waals surface area contributed by atoms with Gasteiger partial charge in [-0.2, -0.15) is 0 Å². The summed E-state index contributed by atoms with van der Waals surface area (Å²) in [6, 6.07) is 26.4. The van der Waals surface area contributed by atoms with Gasteiger partial charge in [-0.15, -0.1) is 22.7 Å². The normalized spacial score (nSPS) is 10.9. The van der Waals surface area contributed by atoms with Crippen molar-refractivity contribution in [3.05, 3.63) is 106 Å². The minimum Gasteiger partial charge on any atom is -0.480 e. The first-order chi connectivity index (χ1) is 18.5. The van der Waals surface area contributed by atoms with Crippen LogP contribution in [0, 0.1) is 0 Å². The summed E-state index contributed by atoms with van der Waals surface area (Å²) in [7, 11) is 0. The summed E-state index contributed by atoms with van der Waals surface area (Å²) in [4.78, 5) is 30.7. The molecule has 0 atom stereocenters. The van der Waals surface area contributed by atoms with Gasteiger partial charge in [-0.25, -0.2) is 4.98 Å². The average Bonchev–Trinajstić information content (AvgIpc) is 3.56. The van der Waals surface area contributed by atoms with Crippen LogP contribution in [0.3, 0.4) is 0 Å². The average molecular weight is 542 g/mol. The summed E-state index contributed by atoms with van der Waals surface area (Å²) in [6.07, 6.45) is 1.11.